The molecule has 1 aromatic carbocycles. The minimum Gasteiger partial charge on any atom is -0.399 e. The first-order valence-electron chi connectivity index (χ1n) is 5.59. The molecule has 0 aliphatic carbocycles. The van der Waals surface area contributed by atoms with Gasteiger partial charge in [-0.1, -0.05) is 12.1 Å². The fourth-order valence-corrected chi connectivity index (χ4v) is 1.58. The number of hydrogen-bond donors (Lipinski definition) is 2. The Labute approximate surface area is 105 Å². The van der Waals surface area contributed by atoms with Crippen molar-refractivity contribution in [2.24, 2.45) is 0 Å². The number of nitrogen functional groups attached to an aromatic ring is 1. The molecule has 18 heavy (non-hydrogen) atoms. The van der Waals surface area contributed by atoms with Crippen molar-refractivity contribution in [1.82, 2.24) is 9.97 Å². The van der Waals surface area contributed by atoms with Crippen LogP contribution in [-0.4, -0.2) is 15.9 Å². The highest BCUT2D eigenvalue weighted by atomic mass is 16.1. The van der Waals surface area contributed by atoms with E-state index in [9.17, 15) is 4.79 Å². The van der Waals surface area contributed by atoms with Crippen LogP contribution in [0.1, 0.15) is 18.4 Å². The van der Waals surface area contributed by atoms with Crippen LogP contribution in [0.25, 0.3) is 0 Å². The SMILES string of the molecule is CC(C(=O)Nc1ccncn1)c1cccc(N)c1. The molecule has 1 atom stereocenters. The molecule has 0 saturated heterocycles. The molecule has 0 fully saturated rings. The van der Waals surface area contributed by atoms with E-state index in [1.165, 1.54) is 6.33 Å². The molecule has 5 heteroatoms. The highest BCUT2D eigenvalue weighted by molar-refractivity contribution is 5.94. The van der Waals surface area contributed by atoms with Gasteiger partial charge in [-0.2, -0.15) is 0 Å². The van der Waals surface area contributed by atoms with E-state index in [0.29, 0.717) is 11.5 Å². The van der Waals surface area contributed by atoms with Crippen LogP contribution in [0, 0.1) is 0 Å². The molecule has 0 aliphatic heterocycles. The maximum absolute atomic E-state index is 12.0. The molecule has 2 rings (SSSR count). The molecule has 0 saturated carbocycles. The molecule has 1 heterocycles. The Morgan fingerprint density at radius 1 is 1.39 bits per heavy atom. The summed E-state index contributed by atoms with van der Waals surface area (Å²) in [6.07, 6.45) is 2.97. The van der Waals surface area contributed by atoms with E-state index in [1.807, 2.05) is 19.1 Å². The van der Waals surface area contributed by atoms with Gasteiger partial charge in [0.15, 0.2) is 0 Å². The van der Waals surface area contributed by atoms with Crippen LogP contribution in [-0.2, 0) is 4.79 Å². The molecule has 0 bridgehead atoms. The molecular weight excluding hydrogens is 228 g/mol. The van der Waals surface area contributed by atoms with Crippen molar-refractivity contribution in [2.45, 2.75) is 12.8 Å². The molecule has 0 aliphatic rings. The van der Waals surface area contributed by atoms with E-state index in [2.05, 4.69) is 15.3 Å². The van der Waals surface area contributed by atoms with E-state index in [-0.39, 0.29) is 11.8 Å². The van der Waals surface area contributed by atoms with Gasteiger partial charge < -0.3 is 11.1 Å². The average molecular weight is 242 g/mol. The largest absolute Gasteiger partial charge is 0.399 e. The van der Waals surface area contributed by atoms with Crippen molar-refractivity contribution >= 4 is 17.4 Å². The van der Waals surface area contributed by atoms with Crippen molar-refractivity contribution in [3.05, 3.63) is 48.4 Å². The first-order valence-corrected chi connectivity index (χ1v) is 5.59. The minimum absolute atomic E-state index is 0.126. The standard InChI is InChI=1S/C13H14N4O/c1-9(10-3-2-4-11(14)7-10)13(18)17-12-5-6-15-8-16-12/h2-9H,14H2,1H3,(H,15,16,17,18). The molecular formula is C13H14N4O. The second kappa shape index (κ2) is 5.27. The van der Waals surface area contributed by atoms with Gasteiger partial charge in [-0.25, -0.2) is 9.97 Å². The van der Waals surface area contributed by atoms with E-state index in [1.54, 1.807) is 24.4 Å². The smallest absolute Gasteiger partial charge is 0.232 e. The Morgan fingerprint density at radius 3 is 2.89 bits per heavy atom. The molecule has 2 aromatic rings. The fraction of sp³-hybridized carbons (Fsp3) is 0.154. The second-order valence-corrected chi connectivity index (χ2v) is 3.98. The number of nitrogens with two attached hydrogens (primary N) is 1. The third kappa shape index (κ3) is 2.82. The van der Waals surface area contributed by atoms with E-state index < -0.39 is 0 Å². The number of hydrogen-bond acceptors (Lipinski definition) is 4. The summed E-state index contributed by atoms with van der Waals surface area (Å²) in [7, 11) is 0. The number of carbonyl (C=O) groups is 1. The van der Waals surface area contributed by atoms with Gasteiger partial charge in [-0.15, -0.1) is 0 Å². The van der Waals surface area contributed by atoms with E-state index >= 15 is 0 Å². The van der Waals surface area contributed by atoms with Gasteiger partial charge in [0.05, 0.1) is 5.92 Å². The third-order valence-electron chi connectivity index (χ3n) is 2.64. The van der Waals surface area contributed by atoms with Crippen molar-refractivity contribution in [2.75, 3.05) is 11.1 Å². The Bertz CT molecular complexity index is 542. The fourth-order valence-electron chi connectivity index (χ4n) is 1.58. The number of nitrogens with zero attached hydrogens (tertiary/aromatic N) is 2. The quantitative estimate of drug-likeness (QED) is 0.804. The molecule has 92 valence electrons. The Balaban J connectivity index is 2.10. The summed E-state index contributed by atoms with van der Waals surface area (Å²) in [5.74, 6) is 0.0773. The zero-order chi connectivity index (χ0) is 13.0. The first kappa shape index (κ1) is 12.0. The van der Waals surface area contributed by atoms with Gasteiger partial charge in [0.25, 0.3) is 0 Å². The third-order valence-corrected chi connectivity index (χ3v) is 2.64. The predicted octanol–water partition coefficient (Wildman–Crippen LogP) is 1.80. The molecule has 1 unspecified atom stereocenters. The lowest BCUT2D eigenvalue weighted by Gasteiger charge is -2.12. The van der Waals surface area contributed by atoms with Crippen LogP contribution in [0.5, 0.6) is 0 Å². The molecule has 1 amide bonds. The normalized spacial score (nSPS) is 11.8. The zero-order valence-electron chi connectivity index (χ0n) is 10.00. The lowest BCUT2D eigenvalue weighted by molar-refractivity contribution is -0.117. The summed E-state index contributed by atoms with van der Waals surface area (Å²) in [5.41, 5.74) is 7.22. The Kier molecular flexibility index (Phi) is 3.52. The van der Waals surface area contributed by atoms with Crippen LogP contribution < -0.4 is 11.1 Å². The van der Waals surface area contributed by atoms with Crippen molar-refractivity contribution in [3.8, 4) is 0 Å². The average Bonchev–Trinajstić information content (AvgIpc) is 2.39. The first-order chi connectivity index (χ1) is 8.66. The zero-order valence-corrected chi connectivity index (χ0v) is 10.00. The monoisotopic (exact) mass is 242 g/mol. The van der Waals surface area contributed by atoms with E-state index in [4.69, 9.17) is 5.73 Å². The van der Waals surface area contributed by atoms with Crippen LogP contribution in [0.4, 0.5) is 11.5 Å². The predicted molar refractivity (Wildman–Crippen MR) is 69.9 cm³/mol. The number of rotatable bonds is 3. The van der Waals surface area contributed by atoms with Crippen LogP contribution in [0.3, 0.4) is 0 Å². The van der Waals surface area contributed by atoms with Crippen LogP contribution in [0.15, 0.2) is 42.9 Å². The highest BCUT2D eigenvalue weighted by Gasteiger charge is 2.15. The van der Waals surface area contributed by atoms with Gasteiger partial charge in [-0.05, 0) is 30.7 Å². The maximum Gasteiger partial charge on any atom is 0.232 e. The number of benzene rings is 1. The van der Waals surface area contributed by atoms with Crippen molar-refractivity contribution in [1.29, 1.82) is 0 Å². The van der Waals surface area contributed by atoms with Crippen molar-refractivity contribution in [3.63, 3.8) is 0 Å². The summed E-state index contributed by atoms with van der Waals surface area (Å²) in [6.45, 7) is 1.82. The van der Waals surface area contributed by atoms with Crippen molar-refractivity contribution < 1.29 is 4.79 Å². The van der Waals surface area contributed by atoms with Gasteiger partial charge in [-0.3, -0.25) is 4.79 Å². The molecule has 1 aromatic heterocycles. The number of nitrogens with one attached hydrogen (secondary N) is 1. The summed E-state index contributed by atoms with van der Waals surface area (Å²) in [5, 5.41) is 2.73. The second-order valence-electron chi connectivity index (χ2n) is 3.98. The lowest BCUT2D eigenvalue weighted by atomic mass is 10.00. The Morgan fingerprint density at radius 2 is 2.22 bits per heavy atom. The number of anilines is 2. The Hall–Kier alpha value is -2.43. The van der Waals surface area contributed by atoms with Gasteiger partial charge in [0.1, 0.15) is 12.1 Å². The van der Waals surface area contributed by atoms with E-state index in [0.717, 1.165) is 5.56 Å². The molecule has 3 N–H and O–H groups in total. The number of amides is 1. The topological polar surface area (TPSA) is 80.9 Å². The van der Waals surface area contributed by atoms with Gasteiger partial charge in [0, 0.05) is 11.9 Å². The number of aromatic nitrogens is 2. The summed E-state index contributed by atoms with van der Waals surface area (Å²) >= 11 is 0. The van der Waals surface area contributed by atoms with Crippen LogP contribution >= 0.6 is 0 Å². The minimum atomic E-state index is -0.288. The molecule has 0 radical (unpaired) electrons. The van der Waals surface area contributed by atoms with Gasteiger partial charge in [0.2, 0.25) is 5.91 Å². The molecule has 0 spiro atoms. The lowest BCUT2D eigenvalue weighted by Crippen LogP contribution is -2.19. The summed E-state index contributed by atoms with van der Waals surface area (Å²) in [6, 6.07) is 8.94. The van der Waals surface area contributed by atoms with Gasteiger partial charge >= 0.3 is 0 Å². The maximum atomic E-state index is 12.0. The summed E-state index contributed by atoms with van der Waals surface area (Å²) in [4.78, 5) is 19.7. The number of carbonyl (C=O) groups excluding carboxylic acids is 1. The highest BCUT2D eigenvalue weighted by Crippen LogP contribution is 2.19. The molecule has 5 nitrogen and oxygen atoms in total. The van der Waals surface area contributed by atoms with Crippen LogP contribution in [0.2, 0.25) is 0 Å². The summed E-state index contributed by atoms with van der Waals surface area (Å²) < 4.78 is 0.